The Kier molecular flexibility index (Phi) is 5.90. The van der Waals surface area contributed by atoms with Gasteiger partial charge in [0.1, 0.15) is 11.4 Å². The highest BCUT2D eigenvalue weighted by atomic mass is 35.5. The molecular formula is C17H25ClN4O3. The van der Waals surface area contributed by atoms with Crippen molar-refractivity contribution in [3.63, 3.8) is 0 Å². The lowest BCUT2D eigenvalue weighted by Gasteiger charge is -2.40. The number of piperidine rings is 1. The highest BCUT2D eigenvalue weighted by Gasteiger charge is 2.42. The zero-order chi connectivity index (χ0) is 18.7. The summed E-state index contributed by atoms with van der Waals surface area (Å²) in [4.78, 5) is 30.6. The first-order valence-corrected chi connectivity index (χ1v) is 8.64. The second-order valence-electron chi connectivity index (χ2n) is 7.27. The van der Waals surface area contributed by atoms with E-state index in [-0.39, 0.29) is 18.5 Å². The molecule has 0 unspecified atom stereocenters. The summed E-state index contributed by atoms with van der Waals surface area (Å²) in [6.45, 7) is 6.53. The predicted octanol–water partition coefficient (Wildman–Crippen LogP) is 2.65. The van der Waals surface area contributed by atoms with Crippen LogP contribution >= 0.6 is 11.6 Å². The largest absolute Gasteiger partial charge is 0.444 e. The number of carbonyl (C=O) groups is 2. The van der Waals surface area contributed by atoms with Crippen LogP contribution in [0.2, 0.25) is 5.02 Å². The summed E-state index contributed by atoms with van der Waals surface area (Å²) in [6, 6.07) is 3.30. The topological polar surface area (TPSA) is 97.5 Å². The zero-order valence-corrected chi connectivity index (χ0v) is 15.6. The van der Waals surface area contributed by atoms with Crippen molar-refractivity contribution in [3.8, 4) is 0 Å². The molecule has 0 aliphatic carbocycles. The summed E-state index contributed by atoms with van der Waals surface area (Å²) >= 11 is 5.80. The molecular weight excluding hydrogens is 344 g/mol. The van der Waals surface area contributed by atoms with Gasteiger partial charge in [0.15, 0.2) is 0 Å². The van der Waals surface area contributed by atoms with E-state index in [1.54, 1.807) is 17.0 Å². The van der Waals surface area contributed by atoms with E-state index < -0.39 is 11.0 Å². The van der Waals surface area contributed by atoms with Gasteiger partial charge in [-0.1, -0.05) is 11.6 Å². The van der Waals surface area contributed by atoms with Crippen molar-refractivity contribution < 1.29 is 14.3 Å². The number of halogens is 1. The molecule has 0 saturated carbocycles. The highest BCUT2D eigenvalue weighted by molar-refractivity contribution is 6.30. The Morgan fingerprint density at radius 2 is 2.00 bits per heavy atom. The molecule has 25 heavy (non-hydrogen) atoms. The maximum absolute atomic E-state index is 12.7. The molecule has 1 fully saturated rings. The van der Waals surface area contributed by atoms with Crippen molar-refractivity contribution in [1.82, 2.24) is 9.88 Å². The average Bonchev–Trinajstić information content (AvgIpc) is 2.55. The molecule has 7 nitrogen and oxygen atoms in total. The van der Waals surface area contributed by atoms with Crippen molar-refractivity contribution in [3.05, 3.63) is 23.4 Å². The minimum absolute atomic E-state index is 0.186. The molecule has 0 radical (unpaired) electrons. The SMILES string of the molecule is CC(C)(C)OC(=O)N1CCC(CN)(C(=O)Nc2ccc(Cl)cn2)CC1. The Balaban J connectivity index is 1.99. The molecule has 2 rings (SSSR count). The van der Waals surface area contributed by atoms with E-state index >= 15 is 0 Å². The summed E-state index contributed by atoms with van der Waals surface area (Å²) in [5.74, 6) is 0.241. The second-order valence-corrected chi connectivity index (χ2v) is 7.70. The van der Waals surface area contributed by atoms with Gasteiger partial charge in [-0.15, -0.1) is 0 Å². The van der Waals surface area contributed by atoms with Crippen LogP contribution in [0.1, 0.15) is 33.6 Å². The standard InChI is InChI=1S/C17H25ClN4O3/c1-16(2,3)25-15(24)22-8-6-17(11-19,7-9-22)14(23)21-13-5-4-12(18)10-20-13/h4-5,10H,6-9,11,19H2,1-3H3,(H,20,21,23). The van der Waals surface area contributed by atoms with E-state index in [0.29, 0.717) is 36.8 Å². The highest BCUT2D eigenvalue weighted by Crippen LogP contribution is 2.32. The lowest BCUT2D eigenvalue weighted by Crippen LogP contribution is -2.52. The molecule has 0 atom stereocenters. The van der Waals surface area contributed by atoms with Crippen LogP contribution in [0.3, 0.4) is 0 Å². The monoisotopic (exact) mass is 368 g/mol. The van der Waals surface area contributed by atoms with Gasteiger partial charge in [0.2, 0.25) is 5.91 Å². The van der Waals surface area contributed by atoms with E-state index in [2.05, 4.69) is 10.3 Å². The predicted molar refractivity (Wildman–Crippen MR) is 96.4 cm³/mol. The third-order valence-corrected chi connectivity index (χ3v) is 4.44. The molecule has 1 aromatic heterocycles. The fraction of sp³-hybridized carbons (Fsp3) is 0.588. The first-order chi connectivity index (χ1) is 11.6. The van der Waals surface area contributed by atoms with Gasteiger partial charge < -0.3 is 20.7 Å². The third-order valence-electron chi connectivity index (χ3n) is 4.21. The first-order valence-electron chi connectivity index (χ1n) is 8.26. The molecule has 138 valence electrons. The number of hydrogen-bond acceptors (Lipinski definition) is 5. The lowest BCUT2D eigenvalue weighted by atomic mass is 9.77. The fourth-order valence-electron chi connectivity index (χ4n) is 2.67. The molecule has 1 aliphatic rings. The van der Waals surface area contributed by atoms with Crippen LogP contribution in [-0.4, -0.2) is 47.1 Å². The number of anilines is 1. The summed E-state index contributed by atoms with van der Waals surface area (Å²) in [5.41, 5.74) is 4.64. The van der Waals surface area contributed by atoms with Gasteiger partial charge in [-0.3, -0.25) is 4.79 Å². The fourth-order valence-corrected chi connectivity index (χ4v) is 2.78. The molecule has 2 amide bonds. The van der Waals surface area contributed by atoms with Crippen LogP contribution in [0.15, 0.2) is 18.3 Å². The van der Waals surface area contributed by atoms with Crippen LogP contribution in [0.4, 0.5) is 10.6 Å². The first kappa shape index (κ1) is 19.5. The Labute approximate surface area is 152 Å². The maximum Gasteiger partial charge on any atom is 0.410 e. The number of rotatable bonds is 3. The number of hydrogen-bond donors (Lipinski definition) is 2. The van der Waals surface area contributed by atoms with Crippen molar-refractivity contribution >= 4 is 29.4 Å². The second kappa shape index (κ2) is 7.58. The quantitative estimate of drug-likeness (QED) is 0.854. The number of amides is 2. The normalized spacial score (nSPS) is 17.1. The number of nitrogens with one attached hydrogen (secondary N) is 1. The Bertz CT molecular complexity index is 620. The molecule has 0 aromatic carbocycles. The summed E-state index contributed by atoms with van der Waals surface area (Å²) < 4.78 is 5.38. The zero-order valence-electron chi connectivity index (χ0n) is 14.8. The molecule has 1 aromatic rings. The molecule has 3 N–H and O–H groups in total. The van der Waals surface area contributed by atoms with Crippen LogP contribution < -0.4 is 11.1 Å². The van der Waals surface area contributed by atoms with Crippen molar-refractivity contribution in [2.24, 2.45) is 11.1 Å². The van der Waals surface area contributed by atoms with Crippen molar-refractivity contribution in [2.75, 3.05) is 25.0 Å². The lowest BCUT2D eigenvalue weighted by molar-refractivity contribution is -0.127. The van der Waals surface area contributed by atoms with E-state index in [4.69, 9.17) is 22.1 Å². The summed E-state index contributed by atoms with van der Waals surface area (Å²) in [7, 11) is 0. The van der Waals surface area contributed by atoms with Gasteiger partial charge >= 0.3 is 6.09 Å². The number of nitrogens with zero attached hydrogens (tertiary/aromatic N) is 2. The summed E-state index contributed by atoms with van der Waals surface area (Å²) in [5, 5.41) is 3.29. The van der Waals surface area contributed by atoms with E-state index in [0.717, 1.165) is 0 Å². The molecule has 1 aliphatic heterocycles. The molecule has 1 saturated heterocycles. The van der Waals surface area contributed by atoms with Crippen molar-refractivity contribution in [1.29, 1.82) is 0 Å². The Morgan fingerprint density at radius 3 is 2.48 bits per heavy atom. The van der Waals surface area contributed by atoms with Gasteiger partial charge in [0, 0.05) is 25.8 Å². The van der Waals surface area contributed by atoms with Crippen molar-refractivity contribution in [2.45, 2.75) is 39.2 Å². The third kappa shape index (κ3) is 5.06. The minimum Gasteiger partial charge on any atom is -0.444 e. The number of ether oxygens (including phenoxy) is 1. The van der Waals surface area contributed by atoms with Gasteiger partial charge in [-0.25, -0.2) is 9.78 Å². The van der Waals surface area contributed by atoms with Gasteiger partial charge in [0.25, 0.3) is 0 Å². The average molecular weight is 369 g/mol. The van der Waals surface area contributed by atoms with E-state index in [1.165, 1.54) is 6.20 Å². The smallest absolute Gasteiger partial charge is 0.410 e. The maximum atomic E-state index is 12.7. The van der Waals surface area contributed by atoms with Crippen LogP contribution in [0.5, 0.6) is 0 Å². The number of nitrogens with two attached hydrogens (primary N) is 1. The number of likely N-dealkylation sites (tertiary alicyclic amines) is 1. The van der Waals surface area contributed by atoms with Gasteiger partial charge in [-0.05, 0) is 45.7 Å². The Morgan fingerprint density at radius 1 is 1.36 bits per heavy atom. The van der Waals surface area contributed by atoms with E-state index in [9.17, 15) is 9.59 Å². The molecule has 2 heterocycles. The van der Waals surface area contributed by atoms with Crippen LogP contribution in [0.25, 0.3) is 0 Å². The van der Waals surface area contributed by atoms with Gasteiger partial charge in [0.05, 0.1) is 10.4 Å². The number of pyridine rings is 1. The molecule has 0 bridgehead atoms. The minimum atomic E-state index is -0.722. The molecule has 8 heteroatoms. The number of aromatic nitrogens is 1. The number of carbonyl (C=O) groups excluding carboxylic acids is 2. The van der Waals surface area contributed by atoms with E-state index in [1.807, 2.05) is 20.8 Å². The molecule has 0 spiro atoms. The van der Waals surface area contributed by atoms with Gasteiger partial charge in [-0.2, -0.15) is 0 Å². The Hall–Kier alpha value is -1.86. The summed E-state index contributed by atoms with van der Waals surface area (Å²) in [6.07, 6.45) is 2.06. The van der Waals surface area contributed by atoms with Crippen LogP contribution in [0, 0.1) is 5.41 Å². The van der Waals surface area contributed by atoms with Crippen LogP contribution in [-0.2, 0) is 9.53 Å².